The van der Waals surface area contributed by atoms with Gasteiger partial charge in [-0.2, -0.15) is 0 Å². The van der Waals surface area contributed by atoms with Gasteiger partial charge in [-0.3, -0.25) is 4.79 Å². The van der Waals surface area contributed by atoms with Gasteiger partial charge in [-0.1, -0.05) is 18.2 Å². The van der Waals surface area contributed by atoms with Crippen LogP contribution in [0.4, 0.5) is 5.69 Å². The normalized spacial score (nSPS) is 16.8. The zero-order chi connectivity index (χ0) is 18.1. The van der Waals surface area contributed by atoms with E-state index in [1.54, 1.807) is 13.0 Å². The van der Waals surface area contributed by atoms with Crippen molar-refractivity contribution in [3.8, 4) is 0 Å². The molecule has 1 unspecified atom stereocenters. The summed E-state index contributed by atoms with van der Waals surface area (Å²) in [6, 6.07) is 7.27. The van der Waals surface area contributed by atoms with Gasteiger partial charge in [-0.15, -0.1) is 0 Å². The van der Waals surface area contributed by atoms with E-state index in [2.05, 4.69) is 10.3 Å². The lowest BCUT2D eigenvalue weighted by molar-refractivity contribution is -0.115. The summed E-state index contributed by atoms with van der Waals surface area (Å²) >= 11 is 0. The van der Waals surface area contributed by atoms with Crippen molar-refractivity contribution in [1.82, 2.24) is 15.2 Å². The molecule has 1 amide bonds. The summed E-state index contributed by atoms with van der Waals surface area (Å²) in [5.41, 5.74) is 3.21. The number of hydroxylamine groups is 1. The molecule has 132 valence electrons. The number of carbonyl (C=O) groups is 1. The molecule has 1 aliphatic rings. The number of carbonyl (C=O) groups excluding carboxylic acids is 1. The lowest BCUT2D eigenvalue weighted by Gasteiger charge is -2.40. The van der Waals surface area contributed by atoms with Crippen LogP contribution in [0.15, 0.2) is 30.3 Å². The smallest absolute Gasteiger partial charge is 0.253 e. The van der Waals surface area contributed by atoms with E-state index in [0.29, 0.717) is 23.5 Å². The minimum absolute atomic E-state index is 0.191. The highest BCUT2D eigenvalue weighted by atomic mass is 16.5. The second kappa shape index (κ2) is 6.82. The Bertz CT molecular complexity index is 845. The van der Waals surface area contributed by atoms with Crippen molar-refractivity contribution >= 4 is 28.1 Å². The summed E-state index contributed by atoms with van der Waals surface area (Å²) < 4.78 is 0. The first-order chi connectivity index (χ1) is 11.9. The Hall–Kier alpha value is -2.44. The molecule has 3 rings (SSSR count). The first kappa shape index (κ1) is 17.4. The number of hydrogen-bond donors (Lipinski definition) is 1. The number of benzene rings is 1. The molecule has 0 aliphatic carbocycles. The van der Waals surface area contributed by atoms with Gasteiger partial charge in [-0.05, 0) is 45.6 Å². The summed E-state index contributed by atoms with van der Waals surface area (Å²) in [6.45, 7) is 5.05. The Morgan fingerprint density at radius 1 is 1.40 bits per heavy atom. The minimum Gasteiger partial charge on any atom is -0.758 e. The second-order valence-electron chi connectivity index (χ2n) is 6.71. The average molecular weight is 339 g/mol. The molecule has 1 aromatic carbocycles. The number of anilines is 1. The zero-order valence-corrected chi connectivity index (χ0v) is 15.0. The lowest BCUT2D eigenvalue weighted by Crippen LogP contribution is -2.36. The maximum atomic E-state index is 12.7. The van der Waals surface area contributed by atoms with Gasteiger partial charge in [0.05, 0.1) is 22.5 Å². The molecule has 6 nitrogen and oxygen atoms in total. The molecule has 0 radical (unpaired) electrons. The van der Waals surface area contributed by atoms with Crippen LogP contribution in [0.25, 0.3) is 16.5 Å². The Kier molecular flexibility index (Phi) is 4.74. The van der Waals surface area contributed by atoms with E-state index in [-0.39, 0.29) is 5.91 Å². The van der Waals surface area contributed by atoms with Gasteiger partial charge >= 0.3 is 0 Å². The Morgan fingerprint density at radius 2 is 2.16 bits per heavy atom. The van der Waals surface area contributed by atoms with Gasteiger partial charge in [0.2, 0.25) is 0 Å². The molecular formula is C19H23N4O2-. The van der Waals surface area contributed by atoms with Crippen LogP contribution in [-0.2, 0) is 4.79 Å². The molecule has 2 heterocycles. The summed E-state index contributed by atoms with van der Waals surface area (Å²) in [6.07, 6.45) is 1.69. The number of likely N-dealkylation sites (N-methyl/N-ethyl adjacent to an activating group) is 1. The van der Waals surface area contributed by atoms with Gasteiger partial charge in [0.1, 0.15) is 0 Å². The highest BCUT2D eigenvalue weighted by Gasteiger charge is 2.25. The van der Waals surface area contributed by atoms with E-state index in [9.17, 15) is 10.0 Å². The van der Waals surface area contributed by atoms with Gasteiger partial charge in [0.25, 0.3) is 5.91 Å². The van der Waals surface area contributed by atoms with Crippen molar-refractivity contribution in [2.45, 2.75) is 19.9 Å². The number of para-hydroxylation sites is 1. The van der Waals surface area contributed by atoms with E-state index >= 15 is 0 Å². The number of fused-ring (bicyclic) bond motifs is 2. The molecular weight excluding hydrogens is 316 g/mol. The highest BCUT2D eigenvalue weighted by molar-refractivity contribution is 6.21. The topological polar surface area (TPSA) is 71.5 Å². The number of nitrogens with one attached hydrogen (secondary N) is 1. The lowest BCUT2D eigenvalue weighted by atomic mass is 9.99. The summed E-state index contributed by atoms with van der Waals surface area (Å²) in [5.74, 6) is -0.191. The van der Waals surface area contributed by atoms with Crippen molar-refractivity contribution in [2.75, 3.05) is 32.2 Å². The number of pyridine rings is 1. The summed E-state index contributed by atoms with van der Waals surface area (Å²) in [5, 5.41) is 17.2. The van der Waals surface area contributed by atoms with Crippen molar-refractivity contribution in [2.24, 2.45) is 0 Å². The SMILES string of the molecule is Cc1cccc2cc3c(nc12)C(C(=O)NCCN(C)C)=CC(C)N3[O-]. The van der Waals surface area contributed by atoms with Crippen LogP contribution in [-0.4, -0.2) is 49.0 Å². The quantitative estimate of drug-likeness (QED) is 0.925. The van der Waals surface area contributed by atoms with Crippen LogP contribution in [0.1, 0.15) is 18.2 Å². The molecule has 0 saturated carbocycles. The molecule has 0 saturated heterocycles. The summed E-state index contributed by atoms with van der Waals surface area (Å²) in [7, 11) is 3.91. The van der Waals surface area contributed by atoms with Crippen LogP contribution in [0.5, 0.6) is 0 Å². The number of aromatic nitrogens is 1. The third kappa shape index (κ3) is 3.36. The van der Waals surface area contributed by atoms with Crippen LogP contribution in [0.2, 0.25) is 0 Å². The monoisotopic (exact) mass is 339 g/mol. The largest absolute Gasteiger partial charge is 0.758 e. The van der Waals surface area contributed by atoms with Crippen LogP contribution < -0.4 is 10.4 Å². The first-order valence-corrected chi connectivity index (χ1v) is 8.40. The van der Waals surface area contributed by atoms with Gasteiger partial charge < -0.3 is 20.5 Å². The predicted molar refractivity (Wildman–Crippen MR) is 101 cm³/mol. The molecule has 1 aliphatic heterocycles. The molecule has 0 bridgehead atoms. The first-order valence-electron chi connectivity index (χ1n) is 8.40. The second-order valence-corrected chi connectivity index (χ2v) is 6.71. The molecule has 0 fully saturated rings. The van der Waals surface area contributed by atoms with E-state index < -0.39 is 6.04 Å². The van der Waals surface area contributed by atoms with Crippen LogP contribution in [0.3, 0.4) is 0 Å². The van der Waals surface area contributed by atoms with Gasteiger partial charge in [-0.25, -0.2) is 4.98 Å². The third-order valence-corrected chi connectivity index (χ3v) is 4.39. The fraction of sp³-hybridized carbons (Fsp3) is 0.368. The maximum absolute atomic E-state index is 12.7. The Morgan fingerprint density at radius 3 is 2.88 bits per heavy atom. The van der Waals surface area contributed by atoms with Crippen LogP contribution in [0, 0.1) is 12.1 Å². The molecule has 1 N–H and O–H groups in total. The average Bonchev–Trinajstić information content (AvgIpc) is 2.57. The van der Waals surface area contributed by atoms with Crippen LogP contribution >= 0.6 is 0 Å². The van der Waals surface area contributed by atoms with Gasteiger partial charge in [0.15, 0.2) is 0 Å². The molecule has 6 heteroatoms. The van der Waals surface area contributed by atoms with E-state index in [1.165, 1.54) is 0 Å². The predicted octanol–water partition coefficient (Wildman–Crippen LogP) is 2.31. The van der Waals surface area contributed by atoms with E-state index in [0.717, 1.165) is 28.1 Å². The van der Waals surface area contributed by atoms with Crippen molar-refractivity contribution in [3.05, 3.63) is 46.8 Å². The molecule has 0 spiro atoms. The highest BCUT2D eigenvalue weighted by Crippen LogP contribution is 2.35. The molecule has 1 aromatic heterocycles. The number of hydrogen-bond acceptors (Lipinski definition) is 5. The van der Waals surface area contributed by atoms with Crippen molar-refractivity contribution in [1.29, 1.82) is 0 Å². The fourth-order valence-corrected chi connectivity index (χ4v) is 2.98. The molecule has 1 atom stereocenters. The molecule has 25 heavy (non-hydrogen) atoms. The van der Waals surface area contributed by atoms with Crippen molar-refractivity contribution in [3.63, 3.8) is 0 Å². The minimum atomic E-state index is -0.411. The van der Waals surface area contributed by atoms with E-state index in [4.69, 9.17) is 0 Å². The Labute approximate surface area is 147 Å². The summed E-state index contributed by atoms with van der Waals surface area (Å²) in [4.78, 5) is 19.3. The Balaban J connectivity index is 2.02. The number of amides is 1. The molecule has 2 aromatic rings. The number of nitrogens with zero attached hydrogens (tertiary/aromatic N) is 3. The standard InChI is InChI=1S/C19H23N4O2/c1-12-6-5-7-14-11-16-18(21-17(12)14)15(10-13(2)23(16)25)19(24)20-8-9-22(3)4/h5-7,10-11,13H,8-9H2,1-4H3,(H,20,24)/q-1. The van der Waals surface area contributed by atoms with Crippen molar-refractivity contribution < 1.29 is 4.79 Å². The maximum Gasteiger partial charge on any atom is 0.253 e. The third-order valence-electron chi connectivity index (χ3n) is 4.39. The zero-order valence-electron chi connectivity index (χ0n) is 15.0. The number of rotatable bonds is 4. The van der Waals surface area contributed by atoms with E-state index in [1.807, 2.05) is 50.2 Å². The number of aryl methyl sites for hydroxylation is 1. The fourth-order valence-electron chi connectivity index (χ4n) is 2.98. The van der Waals surface area contributed by atoms with Gasteiger partial charge in [0, 0.05) is 24.5 Å².